The molecule has 2 aromatic heterocycles. The van der Waals surface area contributed by atoms with E-state index in [0.717, 1.165) is 6.42 Å². The molecule has 0 bridgehead atoms. The molecule has 7 nitrogen and oxygen atoms in total. The van der Waals surface area contributed by atoms with E-state index < -0.39 is 5.60 Å². The van der Waals surface area contributed by atoms with Gasteiger partial charge in [0.2, 0.25) is 0 Å². The number of H-pyrrole nitrogens is 2. The molecule has 0 radical (unpaired) electrons. The molecule has 0 saturated carbocycles. The Morgan fingerprint density at radius 2 is 2.17 bits per heavy atom. The summed E-state index contributed by atoms with van der Waals surface area (Å²) in [5.74, 6) is 0.0258. The summed E-state index contributed by atoms with van der Waals surface area (Å²) in [6.45, 7) is 6.62. The molecular formula is C15H19ClN4O3. The zero-order valence-electron chi connectivity index (χ0n) is 13.3. The van der Waals surface area contributed by atoms with Crippen molar-refractivity contribution in [3.8, 4) is 0 Å². The fourth-order valence-corrected chi connectivity index (χ4v) is 3.02. The van der Waals surface area contributed by atoms with E-state index in [-0.39, 0.29) is 17.7 Å². The minimum absolute atomic E-state index is 0.0258. The maximum atomic E-state index is 12.1. The monoisotopic (exact) mass is 338 g/mol. The first-order valence-electron chi connectivity index (χ1n) is 7.49. The highest BCUT2D eigenvalue weighted by molar-refractivity contribution is 6.31. The van der Waals surface area contributed by atoms with Gasteiger partial charge in [0, 0.05) is 19.0 Å². The van der Waals surface area contributed by atoms with E-state index in [0.29, 0.717) is 35.0 Å². The predicted octanol–water partition coefficient (Wildman–Crippen LogP) is 2.63. The van der Waals surface area contributed by atoms with Gasteiger partial charge in [0.15, 0.2) is 5.65 Å². The highest BCUT2D eigenvalue weighted by atomic mass is 35.5. The molecule has 1 aliphatic rings. The molecule has 2 aromatic rings. The van der Waals surface area contributed by atoms with Crippen LogP contribution < -0.4 is 5.69 Å². The lowest BCUT2D eigenvalue weighted by atomic mass is 10.0. The molecule has 0 aliphatic carbocycles. The molecule has 3 rings (SSSR count). The van der Waals surface area contributed by atoms with Gasteiger partial charge in [-0.15, -0.1) is 0 Å². The molecule has 3 heterocycles. The molecule has 2 N–H and O–H groups in total. The molecular weight excluding hydrogens is 320 g/mol. The van der Waals surface area contributed by atoms with Crippen molar-refractivity contribution in [1.82, 2.24) is 19.9 Å². The van der Waals surface area contributed by atoms with Crippen LogP contribution in [0.5, 0.6) is 0 Å². The summed E-state index contributed by atoms with van der Waals surface area (Å²) in [5, 5.41) is 0.490. The first-order chi connectivity index (χ1) is 10.7. The summed E-state index contributed by atoms with van der Waals surface area (Å²) in [6, 6.07) is 1.69. The van der Waals surface area contributed by atoms with Crippen LogP contribution >= 0.6 is 11.6 Å². The summed E-state index contributed by atoms with van der Waals surface area (Å²) in [5.41, 5.74) is 0.910. The first-order valence-corrected chi connectivity index (χ1v) is 7.87. The summed E-state index contributed by atoms with van der Waals surface area (Å²) < 4.78 is 5.39. The number of aromatic amines is 2. The molecule has 0 spiro atoms. The van der Waals surface area contributed by atoms with Crippen molar-refractivity contribution >= 4 is 28.9 Å². The third-order valence-corrected chi connectivity index (χ3v) is 4.01. The van der Waals surface area contributed by atoms with Crippen molar-refractivity contribution in [2.24, 2.45) is 0 Å². The number of ether oxygens (including phenoxy) is 1. The lowest BCUT2D eigenvalue weighted by molar-refractivity contribution is 0.0292. The van der Waals surface area contributed by atoms with E-state index >= 15 is 0 Å². The summed E-state index contributed by atoms with van der Waals surface area (Å²) >= 11 is 6.29. The molecule has 1 amide bonds. The van der Waals surface area contributed by atoms with Gasteiger partial charge >= 0.3 is 11.8 Å². The van der Waals surface area contributed by atoms with Gasteiger partial charge in [-0.1, -0.05) is 11.6 Å². The maximum absolute atomic E-state index is 12.1. The van der Waals surface area contributed by atoms with Crippen LogP contribution in [-0.2, 0) is 4.74 Å². The number of rotatable bonds is 1. The number of aromatic nitrogens is 3. The second kappa shape index (κ2) is 5.56. The molecule has 8 heteroatoms. The lowest BCUT2D eigenvalue weighted by Gasteiger charge is -2.24. The molecule has 1 fully saturated rings. The zero-order chi connectivity index (χ0) is 16.8. The number of likely N-dealkylation sites (tertiary alicyclic amines) is 1. The van der Waals surface area contributed by atoms with Crippen molar-refractivity contribution in [1.29, 1.82) is 0 Å². The fraction of sp³-hybridized carbons (Fsp3) is 0.533. The number of imidazole rings is 1. The van der Waals surface area contributed by atoms with Crippen molar-refractivity contribution in [2.75, 3.05) is 13.1 Å². The van der Waals surface area contributed by atoms with Crippen molar-refractivity contribution in [3.63, 3.8) is 0 Å². The Kier molecular flexibility index (Phi) is 3.83. The highest BCUT2D eigenvalue weighted by Gasteiger charge is 2.32. The number of amides is 1. The Morgan fingerprint density at radius 3 is 2.87 bits per heavy atom. The predicted molar refractivity (Wildman–Crippen MR) is 86.9 cm³/mol. The van der Waals surface area contributed by atoms with Crippen molar-refractivity contribution < 1.29 is 9.53 Å². The zero-order valence-corrected chi connectivity index (χ0v) is 14.0. The van der Waals surface area contributed by atoms with Crippen LogP contribution in [-0.4, -0.2) is 44.6 Å². The highest BCUT2D eigenvalue weighted by Crippen LogP contribution is 2.32. The SMILES string of the molecule is CC(C)(C)OC(=O)N1CC[C@H](c2nc3[nH]c(=O)[nH]c3cc2Cl)C1. The fourth-order valence-electron chi connectivity index (χ4n) is 2.72. The minimum atomic E-state index is -0.519. The molecule has 124 valence electrons. The number of halogens is 1. The van der Waals surface area contributed by atoms with Crippen LogP contribution in [0.4, 0.5) is 4.79 Å². The number of carbonyl (C=O) groups excluding carboxylic acids is 1. The van der Waals surface area contributed by atoms with E-state index in [1.807, 2.05) is 20.8 Å². The molecule has 1 aliphatic heterocycles. The van der Waals surface area contributed by atoms with Crippen LogP contribution in [0.2, 0.25) is 5.02 Å². The summed E-state index contributed by atoms with van der Waals surface area (Å²) in [6.07, 6.45) is 0.429. The lowest BCUT2D eigenvalue weighted by Crippen LogP contribution is -2.35. The van der Waals surface area contributed by atoms with E-state index in [9.17, 15) is 9.59 Å². The number of hydrogen-bond acceptors (Lipinski definition) is 4. The smallest absolute Gasteiger partial charge is 0.410 e. The Bertz CT molecular complexity index is 805. The number of hydrogen-bond donors (Lipinski definition) is 2. The second-order valence-electron chi connectivity index (χ2n) is 6.74. The summed E-state index contributed by atoms with van der Waals surface area (Å²) in [7, 11) is 0. The van der Waals surface area contributed by atoms with Crippen LogP contribution in [0, 0.1) is 0 Å². The molecule has 23 heavy (non-hydrogen) atoms. The van der Waals surface area contributed by atoms with Gasteiger partial charge in [-0.05, 0) is 33.3 Å². The Balaban J connectivity index is 1.80. The number of fused-ring (bicyclic) bond motifs is 1. The standard InChI is InChI=1S/C15H19ClN4O3/c1-15(2,3)23-14(22)20-5-4-8(7-20)11-9(16)6-10-12(18-11)19-13(21)17-10/h6,8H,4-5,7H2,1-3H3,(H2,17,18,19,21)/t8-/m0/s1. The van der Waals surface area contributed by atoms with Gasteiger partial charge in [0.1, 0.15) is 5.60 Å². The second-order valence-corrected chi connectivity index (χ2v) is 7.15. The van der Waals surface area contributed by atoms with Gasteiger partial charge < -0.3 is 14.6 Å². The number of pyridine rings is 1. The molecule has 1 atom stereocenters. The van der Waals surface area contributed by atoms with Crippen molar-refractivity contribution in [3.05, 3.63) is 27.3 Å². The Hall–Kier alpha value is -2.02. The van der Waals surface area contributed by atoms with Crippen molar-refractivity contribution in [2.45, 2.75) is 38.7 Å². The maximum Gasteiger partial charge on any atom is 0.410 e. The van der Waals surface area contributed by atoms with Gasteiger partial charge in [-0.3, -0.25) is 4.98 Å². The molecule has 1 saturated heterocycles. The third-order valence-electron chi connectivity index (χ3n) is 3.71. The average Bonchev–Trinajstić information content (AvgIpc) is 3.01. The third kappa shape index (κ3) is 3.34. The van der Waals surface area contributed by atoms with E-state index in [1.165, 1.54) is 0 Å². The van der Waals surface area contributed by atoms with Crippen LogP contribution in [0.3, 0.4) is 0 Å². The largest absolute Gasteiger partial charge is 0.444 e. The van der Waals surface area contributed by atoms with E-state index in [1.54, 1.807) is 11.0 Å². The summed E-state index contributed by atoms with van der Waals surface area (Å²) in [4.78, 5) is 34.8. The number of carbonyl (C=O) groups is 1. The normalized spacial score (nSPS) is 18.6. The van der Waals surface area contributed by atoms with Crippen LogP contribution in [0.15, 0.2) is 10.9 Å². The van der Waals surface area contributed by atoms with Gasteiger partial charge in [0.25, 0.3) is 0 Å². The van der Waals surface area contributed by atoms with Crippen LogP contribution in [0.1, 0.15) is 38.8 Å². The van der Waals surface area contributed by atoms with Gasteiger partial charge in [-0.2, -0.15) is 0 Å². The average molecular weight is 339 g/mol. The Labute approximate surface area is 138 Å². The number of nitrogens with zero attached hydrogens (tertiary/aromatic N) is 2. The first kappa shape index (κ1) is 15.9. The van der Waals surface area contributed by atoms with Gasteiger partial charge in [0.05, 0.1) is 16.2 Å². The minimum Gasteiger partial charge on any atom is -0.444 e. The molecule has 0 unspecified atom stereocenters. The van der Waals surface area contributed by atoms with E-state index in [4.69, 9.17) is 16.3 Å². The molecule has 0 aromatic carbocycles. The number of nitrogens with one attached hydrogen (secondary N) is 2. The van der Waals surface area contributed by atoms with Gasteiger partial charge in [-0.25, -0.2) is 14.6 Å². The van der Waals surface area contributed by atoms with Crippen LogP contribution in [0.25, 0.3) is 11.2 Å². The quantitative estimate of drug-likeness (QED) is 0.836. The Morgan fingerprint density at radius 1 is 1.43 bits per heavy atom. The topological polar surface area (TPSA) is 91.1 Å². The van der Waals surface area contributed by atoms with E-state index in [2.05, 4.69) is 15.0 Å².